The molecule has 0 aromatic rings. The first-order valence-electron chi connectivity index (χ1n) is 6.58. The highest BCUT2D eigenvalue weighted by Crippen LogP contribution is 2.27. The number of rotatable bonds is 7. The smallest absolute Gasteiger partial charge is 0.465 e. The largest absolute Gasteiger partial charge is 0.508 e. The van der Waals surface area contributed by atoms with E-state index in [9.17, 15) is 14.7 Å². The van der Waals surface area contributed by atoms with Gasteiger partial charge in [-0.05, 0) is 46.3 Å². The molecule has 0 radical (unpaired) electrons. The molecule has 1 atom stereocenters. The van der Waals surface area contributed by atoms with Crippen LogP contribution in [0, 0.1) is 5.41 Å². The average molecular weight is 288 g/mol. The van der Waals surface area contributed by atoms with Crippen molar-refractivity contribution in [2.75, 3.05) is 19.8 Å². The number of esters is 1. The van der Waals surface area contributed by atoms with Gasteiger partial charge in [0.25, 0.3) is 0 Å². The Labute approximate surface area is 119 Å². The summed E-state index contributed by atoms with van der Waals surface area (Å²) in [5.41, 5.74) is -0.548. The molecule has 0 aliphatic carbocycles. The van der Waals surface area contributed by atoms with E-state index >= 15 is 0 Å². The zero-order chi connectivity index (χ0) is 15.8. The lowest BCUT2D eigenvalue weighted by Crippen LogP contribution is -2.39. The Kier molecular flexibility index (Phi) is 7.91. The Bertz CT molecular complexity index is 359. The van der Waals surface area contributed by atoms with Gasteiger partial charge in [-0.1, -0.05) is 0 Å². The second kappa shape index (κ2) is 8.58. The van der Waals surface area contributed by atoms with Crippen LogP contribution in [0.4, 0.5) is 4.79 Å². The maximum atomic E-state index is 11.8. The number of ether oxygens (including phenoxy) is 3. The van der Waals surface area contributed by atoms with E-state index in [0.29, 0.717) is 5.57 Å². The van der Waals surface area contributed by atoms with Crippen molar-refractivity contribution in [3.8, 4) is 0 Å². The van der Waals surface area contributed by atoms with E-state index in [-0.39, 0.29) is 19.8 Å². The molecule has 0 amide bonds. The zero-order valence-corrected chi connectivity index (χ0v) is 12.8. The molecule has 0 aliphatic rings. The van der Waals surface area contributed by atoms with Crippen LogP contribution in [0.15, 0.2) is 11.6 Å². The molecule has 20 heavy (non-hydrogen) atoms. The zero-order valence-electron chi connectivity index (χ0n) is 12.8. The van der Waals surface area contributed by atoms with Gasteiger partial charge in [-0.2, -0.15) is 0 Å². The van der Waals surface area contributed by atoms with Crippen molar-refractivity contribution in [3.05, 3.63) is 11.6 Å². The summed E-state index contributed by atoms with van der Waals surface area (Å²) in [5, 5.41) is 10.2. The summed E-state index contributed by atoms with van der Waals surface area (Å²) in [7, 11) is 0. The lowest BCUT2D eigenvalue weighted by molar-refractivity contribution is -0.158. The normalized spacial score (nSPS) is 13.6. The molecule has 0 aromatic heterocycles. The predicted octanol–water partition coefficient (Wildman–Crippen LogP) is 2.06. The van der Waals surface area contributed by atoms with E-state index in [0.717, 1.165) is 0 Å². The summed E-state index contributed by atoms with van der Waals surface area (Å²) in [4.78, 5) is 22.7. The van der Waals surface area contributed by atoms with Crippen molar-refractivity contribution in [3.63, 3.8) is 0 Å². The number of aliphatic hydroxyl groups excluding tert-OH is 1. The van der Waals surface area contributed by atoms with Gasteiger partial charge in [-0.3, -0.25) is 4.79 Å². The standard InChI is InChI=1S/C14H24O6/c1-6-18-12(16)14(4,5)11(15)10(3)8-9-20-13(17)19-7-2/h8,11,15H,6-7,9H2,1-5H3/b10-8-. The molecular weight excluding hydrogens is 264 g/mol. The lowest BCUT2D eigenvalue weighted by Gasteiger charge is -2.28. The van der Waals surface area contributed by atoms with E-state index in [4.69, 9.17) is 9.47 Å². The minimum Gasteiger partial charge on any atom is -0.465 e. The second-order valence-electron chi connectivity index (χ2n) is 4.79. The van der Waals surface area contributed by atoms with Gasteiger partial charge < -0.3 is 19.3 Å². The van der Waals surface area contributed by atoms with Crippen LogP contribution in [0.1, 0.15) is 34.6 Å². The number of hydrogen-bond acceptors (Lipinski definition) is 6. The van der Waals surface area contributed by atoms with Gasteiger partial charge in [0.05, 0.1) is 24.7 Å². The van der Waals surface area contributed by atoms with Crippen LogP contribution in [0.5, 0.6) is 0 Å². The molecule has 0 saturated carbocycles. The summed E-state index contributed by atoms with van der Waals surface area (Å²) in [6.45, 7) is 8.69. The van der Waals surface area contributed by atoms with Crippen molar-refractivity contribution in [2.24, 2.45) is 5.41 Å². The summed E-state index contributed by atoms with van der Waals surface area (Å²) in [6.07, 6.45) is -0.259. The van der Waals surface area contributed by atoms with E-state index in [1.807, 2.05) is 0 Å². The van der Waals surface area contributed by atoms with Crippen LogP contribution >= 0.6 is 0 Å². The van der Waals surface area contributed by atoms with Gasteiger partial charge in [0.1, 0.15) is 6.61 Å². The maximum Gasteiger partial charge on any atom is 0.508 e. The number of carbonyl (C=O) groups excluding carboxylic acids is 2. The van der Waals surface area contributed by atoms with Gasteiger partial charge in [-0.15, -0.1) is 0 Å². The molecule has 0 rings (SSSR count). The Morgan fingerprint density at radius 2 is 1.70 bits per heavy atom. The molecule has 1 N–H and O–H groups in total. The molecule has 0 heterocycles. The van der Waals surface area contributed by atoms with Crippen molar-refractivity contribution < 1.29 is 28.9 Å². The van der Waals surface area contributed by atoms with E-state index < -0.39 is 23.6 Å². The first kappa shape index (κ1) is 18.4. The minimum absolute atomic E-state index is 0.0272. The molecule has 0 aromatic carbocycles. The number of hydrogen-bond donors (Lipinski definition) is 1. The molecule has 1 unspecified atom stereocenters. The highest BCUT2D eigenvalue weighted by Gasteiger charge is 2.38. The summed E-state index contributed by atoms with van der Waals surface area (Å²) >= 11 is 0. The summed E-state index contributed by atoms with van der Waals surface area (Å²) < 4.78 is 14.3. The van der Waals surface area contributed by atoms with Gasteiger partial charge in [-0.25, -0.2) is 4.79 Å². The van der Waals surface area contributed by atoms with Gasteiger partial charge in [0.2, 0.25) is 0 Å². The molecule has 6 heteroatoms. The SMILES string of the molecule is CCOC(=O)OC/C=C(/C)C(O)C(C)(C)C(=O)OCC. The van der Waals surface area contributed by atoms with Gasteiger partial charge in [0, 0.05) is 0 Å². The average Bonchev–Trinajstić information content (AvgIpc) is 2.38. The fourth-order valence-electron chi connectivity index (χ4n) is 1.51. The van der Waals surface area contributed by atoms with Crippen LogP contribution in [0.2, 0.25) is 0 Å². The quantitative estimate of drug-likeness (QED) is 0.570. The third-order valence-corrected chi connectivity index (χ3v) is 2.79. The van der Waals surface area contributed by atoms with E-state index in [1.165, 1.54) is 6.08 Å². The monoisotopic (exact) mass is 288 g/mol. The maximum absolute atomic E-state index is 11.8. The van der Waals surface area contributed by atoms with Crippen molar-refractivity contribution >= 4 is 12.1 Å². The van der Waals surface area contributed by atoms with E-state index in [1.54, 1.807) is 34.6 Å². The second-order valence-corrected chi connectivity index (χ2v) is 4.79. The van der Waals surface area contributed by atoms with Gasteiger partial charge in [0.15, 0.2) is 0 Å². The Balaban J connectivity index is 4.55. The molecule has 0 bridgehead atoms. The summed E-state index contributed by atoms with van der Waals surface area (Å²) in [5.74, 6) is -0.480. The van der Waals surface area contributed by atoms with Crippen LogP contribution in [0.3, 0.4) is 0 Å². The van der Waals surface area contributed by atoms with Crippen molar-refractivity contribution in [1.29, 1.82) is 0 Å². The first-order valence-corrected chi connectivity index (χ1v) is 6.58. The van der Waals surface area contributed by atoms with Crippen LogP contribution in [-0.2, 0) is 19.0 Å². The highest BCUT2D eigenvalue weighted by molar-refractivity contribution is 5.77. The van der Waals surface area contributed by atoms with Crippen molar-refractivity contribution in [1.82, 2.24) is 0 Å². The molecule has 0 spiro atoms. The van der Waals surface area contributed by atoms with Crippen LogP contribution < -0.4 is 0 Å². The van der Waals surface area contributed by atoms with E-state index in [2.05, 4.69) is 4.74 Å². The summed E-state index contributed by atoms with van der Waals surface area (Å²) in [6, 6.07) is 0. The Morgan fingerprint density at radius 1 is 1.15 bits per heavy atom. The van der Waals surface area contributed by atoms with Crippen LogP contribution in [0.25, 0.3) is 0 Å². The molecule has 0 saturated heterocycles. The third-order valence-electron chi connectivity index (χ3n) is 2.79. The Morgan fingerprint density at radius 3 is 2.20 bits per heavy atom. The van der Waals surface area contributed by atoms with Crippen LogP contribution in [-0.4, -0.2) is 43.2 Å². The van der Waals surface area contributed by atoms with Gasteiger partial charge >= 0.3 is 12.1 Å². The molecular formula is C14H24O6. The van der Waals surface area contributed by atoms with Crippen molar-refractivity contribution in [2.45, 2.75) is 40.7 Å². The predicted molar refractivity (Wildman–Crippen MR) is 73.2 cm³/mol. The first-order chi connectivity index (χ1) is 9.27. The number of carbonyl (C=O) groups is 2. The topological polar surface area (TPSA) is 82.1 Å². The highest BCUT2D eigenvalue weighted by atomic mass is 16.7. The molecule has 0 fully saturated rings. The Hall–Kier alpha value is -1.56. The fraction of sp³-hybridized carbons (Fsp3) is 0.714. The number of aliphatic hydroxyl groups is 1. The fourth-order valence-corrected chi connectivity index (χ4v) is 1.51. The third kappa shape index (κ3) is 5.61. The minimum atomic E-state index is -1.07. The lowest BCUT2D eigenvalue weighted by atomic mass is 9.83. The molecule has 0 aliphatic heterocycles. The molecule has 116 valence electrons. The molecule has 6 nitrogen and oxygen atoms in total.